The molecule has 5 aromatic rings. The van der Waals surface area contributed by atoms with Crippen LogP contribution < -0.4 is 0 Å². The fourth-order valence-electron chi connectivity index (χ4n) is 3.28. The lowest BCUT2D eigenvalue weighted by molar-refractivity contribution is 0.0697. The Labute approximate surface area is 147 Å². The number of hydrogen-bond donors (Lipinski definition) is 2. The summed E-state index contributed by atoms with van der Waals surface area (Å²) >= 11 is 0. The first-order valence-corrected chi connectivity index (χ1v) is 8.07. The number of nitrogens with zero attached hydrogens (tertiary/aromatic N) is 3. The van der Waals surface area contributed by atoms with Crippen molar-refractivity contribution in [1.82, 2.24) is 19.9 Å². The largest absolute Gasteiger partial charge is 0.478 e. The van der Waals surface area contributed by atoms with E-state index in [0.717, 1.165) is 38.4 Å². The van der Waals surface area contributed by atoms with Gasteiger partial charge in [0.25, 0.3) is 0 Å². The van der Waals surface area contributed by atoms with Gasteiger partial charge in [0.1, 0.15) is 5.82 Å². The number of carboxylic acid groups (broad SMARTS) is 1. The number of aromatic nitrogens is 4. The highest BCUT2D eigenvalue weighted by Gasteiger charge is 2.15. The molecule has 2 aromatic carbocycles. The first kappa shape index (κ1) is 14.5. The van der Waals surface area contributed by atoms with Crippen LogP contribution in [0.5, 0.6) is 0 Å². The van der Waals surface area contributed by atoms with Crippen LogP contribution in [0.15, 0.2) is 60.9 Å². The summed E-state index contributed by atoms with van der Waals surface area (Å²) in [6.07, 6.45) is 3.49. The maximum absolute atomic E-state index is 11.3. The van der Waals surface area contributed by atoms with Gasteiger partial charge in [-0.2, -0.15) is 0 Å². The van der Waals surface area contributed by atoms with Crippen LogP contribution in [-0.4, -0.2) is 31.0 Å². The molecule has 0 amide bonds. The van der Waals surface area contributed by atoms with E-state index in [1.165, 1.54) is 0 Å². The highest BCUT2D eigenvalue weighted by atomic mass is 16.4. The minimum Gasteiger partial charge on any atom is -0.478 e. The van der Waals surface area contributed by atoms with Gasteiger partial charge in [0.2, 0.25) is 0 Å². The number of rotatable bonds is 2. The minimum absolute atomic E-state index is 0.223. The molecule has 3 heterocycles. The Balaban J connectivity index is 1.88. The predicted octanol–water partition coefficient (Wildman–Crippen LogP) is 4.02. The highest BCUT2D eigenvalue weighted by molar-refractivity contribution is 6.21. The highest BCUT2D eigenvalue weighted by Crippen LogP contribution is 2.33. The molecule has 0 aliphatic rings. The van der Waals surface area contributed by atoms with Crippen molar-refractivity contribution in [3.8, 4) is 11.4 Å². The van der Waals surface area contributed by atoms with E-state index in [0.29, 0.717) is 5.82 Å². The average Bonchev–Trinajstić information content (AvgIpc) is 3.14. The van der Waals surface area contributed by atoms with Gasteiger partial charge in [0, 0.05) is 28.7 Å². The normalized spacial score (nSPS) is 11.4. The van der Waals surface area contributed by atoms with Gasteiger partial charge >= 0.3 is 5.97 Å². The van der Waals surface area contributed by atoms with E-state index in [2.05, 4.69) is 15.0 Å². The lowest BCUT2D eigenvalue weighted by atomic mass is 10.1. The maximum atomic E-state index is 11.3. The van der Waals surface area contributed by atoms with E-state index in [1.807, 2.05) is 30.3 Å². The Hall–Kier alpha value is -3.80. The van der Waals surface area contributed by atoms with Crippen molar-refractivity contribution in [2.45, 2.75) is 0 Å². The van der Waals surface area contributed by atoms with Crippen LogP contribution in [-0.2, 0) is 0 Å². The van der Waals surface area contributed by atoms with Crippen LogP contribution in [0.4, 0.5) is 0 Å². The first-order chi connectivity index (χ1) is 12.7. The third kappa shape index (κ3) is 2.05. The number of aromatic carboxylic acids is 1. The topological polar surface area (TPSA) is 91.8 Å². The second kappa shape index (κ2) is 5.35. The van der Waals surface area contributed by atoms with Crippen LogP contribution in [0.25, 0.3) is 44.2 Å². The smallest absolute Gasteiger partial charge is 0.335 e. The molecule has 0 saturated heterocycles. The summed E-state index contributed by atoms with van der Waals surface area (Å²) in [6, 6.07) is 14.4. The molecular weight excluding hydrogens is 328 g/mol. The molecule has 0 unspecified atom stereocenters. The van der Waals surface area contributed by atoms with E-state index in [4.69, 9.17) is 4.98 Å². The van der Waals surface area contributed by atoms with E-state index < -0.39 is 5.97 Å². The number of carboxylic acids is 1. The molecule has 124 valence electrons. The zero-order chi connectivity index (χ0) is 17.7. The standard InChI is InChI=1S/C20H12N4O2/c25-20(26)12-5-1-4-11(10-12)19-23-17-13-6-2-8-21-15(13)16-14(18(17)24-19)7-3-9-22-16/h1-10H,(H,23,24)(H,25,26). The van der Waals surface area contributed by atoms with Gasteiger partial charge in [-0.15, -0.1) is 0 Å². The molecule has 0 atom stereocenters. The number of pyridine rings is 2. The van der Waals surface area contributed by atoms with Crippen LogP contribution >= 0.6 is 0 Å². The Bertz CT molecular complexity index is 1250. The molecule has 26 heavy (non-hydrogen) atoms. The first-order valence-electron chi connectivity index (χ1n) is 8.07. The summed E-state index contributed by atoms with van der Waals surface area (Å²) in [5, 5.41) is 11.1. The average molecular weight is 340 g/mol. The Morgan fingerprint density at radius 1 is 0.885 bits per heavy atom. The van der Waals surface area contributed by atoms with E-state index in [1.54, 1.807) is 30.6 Å². The Morgan fingerprint density at radius 3 is 2.38 bits per heavy atom. The Kier molecular flexibility index (Phi) is 2.99. The molecule has 0 spiro atoms. The maximum Gasteiger partial charge on any atom is 0.335 e. The summed E-state index contributed by atoms with van der Waals surface area (Å²) in [4.78, 5) is 28.3. The van der Waals surface area contributed by atoms with Gasteiger partial charge in [-0.25, -0.2) is 9.78 Å². The third-order valence-electron chi connectivity index (χ3n) is 4.45. The lowest BCUT2D eigenvalue weighted by Crippen LogP contribution is -1.95. The third-order valence-corrected chi connectivity index (χ3v) is 4.45. The summed E-state index contributed by atoms with van der Waals surface area (Å²) in [5.74, 6) is -0.350. The van der Waals surface area contributed by atoms with E-state index >= 15 is 0 Å². The summed E-state index contributed by atoms with van der Waals surface area (Å²) in [7, 11) is 0. The van der Waals surface area contributed by atoms with Crippen LogP contribution in [0, 0.1) is 0 Å². The van der Waals surface area contributed by atoms with Crippen molar-refractivity contribution >= 4 is 38.8 Å². The van der Waals surface area contributed by atoms with Crippen molar-refractivity contribution in [2.75, 3.05) is 0 Å². The molecule has 0 bridgehead atoms. The fourth-order valence-corrected chi connectivity index (χ4v) is 3.28. The molecule has 6 nitrogen and oxygen atoms in total. The molecule has 0 aliphatic heterocycles. The van der Waals surface area contributed by atoms with Crippen LogP contribution in [0.3, 0.4) is 0 Å². The summed E-state index contributed by atoms with van der Waals surface area (Å²) in [6.45, 7) is 0. The number of nitrogens with one attached hydrogen (secondary N) is 1. The van der Waals surface area contributed by atoms with Gasteiger partial charge in [0.05, 0.1) is 27.6 Å². The number of fused-ring (bicyclic) bond motifs is 6. The van der Waals surface area contributed by atoms with Crippen molar-refractivity contribution < 1.29 is 9.90 Å². The number of imidazole rings is 1. The SMILES string of the molecule is O=C(O)c1cccc(-c2nc3c4cccnc4c4ncccc4c3[nH]2)c1. The monoisotopic (exact) mass is 340 g/mol. The number of H-pyrrole nitrogens is 1. The van der Waals surface area contributed by atoms with Crippen molar-refractivity contribution in [3.05, 3.63) is 66.5 Å². The van der Waals surface area contributed by atoms with Crippen molar-refractivity contribution in [3.63, 3.8) is 0 Å². The van der Waals surface area contributed by atoms with Gasteiger partial charge in [-0.05, 0) is 36.4 Å². The fraction of sp³-hybridized carbons (Fsp3) is 0. The predicted molar refractivity (Wildman–Crippen MR) is 99.1 cm³/mol. The van der Waals surface area contributed by atoms with Crippen molar-refractivity contribution in [2.24, 2.45) is 0 Å². The minimum atomic E-state index is -0.965. The molecule has 0 aliphatic carbocycles. The van der Waals surface area contributed by atoms with Crippen LogP contribution in [0.2, 0.25) is 0 Å². The van der Waals surface area contributed by atoms with Crippen molar-refractivity contribution in [1.29, 1.82) is 0 Å². The molecular formula is C20H12N4O2. The second-order valence-electron chi connectivity index (χ2n) is 5.99. The number of carbonyl (C=O) groups is 1. The molecule has 3 aromatic heterocycles. The molecule has 0 fully saturated rings. The van der Waals surface area contributed by atoms with E-state index in [-0.39, 0.29) is 5.56 Å². The molecule has 6 heteroatoms. The van der Waals surface area contributed by atoms with Gasteiger partial charge in [-0.3, -0.25) is 9.97 Å². The van der Waals surface area contributed by atoms with E-state index in [9.17, 15) is 9.90 Å². The van der Waals surface area contributed by atoms with Gasteiger partial charge in [0.15, 0.2) is 0 Å². The zero-order valence-corrected chi connectivity index (χ0v) is 13.5. The molecule has 0 radical (unpaired) electrons. The number of aromatic amines is 1. The second-order valence-corrected chi connectivity index (χ2v) is 5.99. The zero-order valence-electron chi connectivity index (χ0n) is 13.5. The summed E-state index contributed by atoms with van der Waals surface area (Å²) in [5.41, 5.74) is 4.21. The van der Waals surface area contributed by atoms with Crippen LogP contribution in [0.1, 0.15) is 10.4 Å². The summed E-state index contributed by atoms with van der Waals surface area (Å²) < 4.78 is 0. The lowest BCUT2D eigenvalue weighted by Gasteiger charge is -2.03. The Morgan fingerprint density at radius 2 is 1.62 bits per heavy atom. The number of hydrogen-bond acceptors (Lipinski definition) is 4. The number of benzene rings is 2. The van der Waals surface area contributed by atoms with Gasteiger partial charge in [-0.1, -0.05) is 12.1 Å². The molecule has 2 N–H and O–H groups in total. The quantitative estimate of drug-likeness (QED) is 0.473. The van der Waals surface area contributed by atoms with Gasteiger partial charge < -0.3 is 10.1 Å². The molecule has 0 saturated carbocycles. The molecule has 5 rings (SSSR count).